The number of rotatable bonds is 4. The highest BCUT2D eigenvalue weighted by molar-refractivity contribution is 14.0. The molecule has 148 valence electrons. The third-order valence-electron chi connectivity index (χ3n) is 4.51. The highest BCUT2D eigenvalue weighted by Crippen LogP contribution is 2.24. The summed E-state index contributed by atoms with van der Waals surface area (Å²) >= 11 is 6.05. The van der Waals surface area contributed by atoms with Gasteiger partial charge in [0, 0.05) is 38.8 Å². The van der Waals surface area contributed by atoms with Crippen molar-refractivity contribution in [2.24, 2.45) is 4.99 Å². The maximum atomic E-state index is 12.2. The number of hydrogen-bond acceptors (Lipinski definition) is 4. The Morgan fingerprint density at radius 2 is 2.15 bits per heavy atom. The van der Waals surface area contributed by atoms with Gasteiger partial charge in [-0.1, -0.05) is 23.7 Å². The third kappa shape index (κ3) is 5.46. The van der Waals surface area contributed by atoms with Gasteiger partial charge in [0.2, 0.25) is 0 Å². The highest BCUT2D eigenvalue weighted by Gasteiger charge is 2.41. The van der Waals surface area contributed by atoms with Crippen molar-refractivity contribution in [1.82, 2.24) is 10.2 Å². The molecule has 1 N–H and O–H groups in total. The summed E-state index contributed by atoms with van der Waals surface area (Å²) in [6.45, 7) is 4.86. The van der Waals surface area contributed by atoms with Gasteiger partial charge in [0.1, 0.15) is 0 Å². The number of benzene rings is 1. The van der Waals surface area contributed by atoms with Gasteiger partial charge in [-0.15, -0.1) is 24.0 Å². The molecule has 0 saturated carbocycles. The Bertz CT molecular complexity index is 741. The summed E-state index contributed by atoms with van der Waals surface area (Å²) in [7, 11) is 0.256. The van der Waals surface area contributed by atoms with Crippen LogP contribution in [0.15, 0.2) is 29.3 Å². The summed E-state index contributed by atoms with van der Waals surface area (Å²) in [4.78, 5) is 6.28. The average molecular weight is 516 g/mol. The smallest absolute Gasteiger partial charge is 0.193 e. The number of guanidine groups is 1. The first-order valence-corrected chi connectivity index (χ1v) is 10.2. The second-order valence-corrected chi connectivity index (χ2v) is 9.89. The molecule has 0 bridgehead atoms. The normalized spacial score (nSPS) is 20.2. The first kappa shape index (κ1) is 23.5. The fourth-order valence-corrected chi connectivity index (χ4v) is 4.45. The van der Waals surface area contributed by atoms with E-state index in [2.05, 4.69) is 10.3 Å². The van der Waals surface area contributed by atoms with Gasteiger partial charge in [-0.2, -0.15) is 0 Å². The van der Waals surface area contributed by atoms with Crippen molar-refractivity contribution in [3.8, 4) is 0 Å². The monoisotopic (exact) mass is 515 g/mol. The maximum Gasteiger partial charge on any atom is 0.193 e. The van der Waals surface area contributed by atoms with E-state index >= 15 is 0 Å². The average Bonchev–Trinajstić information content (AvgIpc) is 2.54. The lowest BCUT2D eigenvalue weighted by Crippen LogP contribution is -2.57. The van der Waals surface area contributed by atoms with Crippen LogP contribution < -0.4 is 5.32 Å². The topological polar surface area (TPSA) is 71.0 Å². The van der Waals surface area contributed by atoms with Crippen LogP contribution in [0.4, 0.5) is 0 Å². The number of methoxy groups -OCH3 is 1. The molecule has 0 aliphatic carbocycles. The van der Waals surface area contributed by atoms with Crippen LogP contribution in [-0.2, 0) is 14.6 Å². The molecule has 9 heteroatoms. The Labute approximate surface area is 178 Å². The van der Waals surface area contributed by atoms with Crippen molar-refractivity contribution in [2.45, 2.75) is 24.7 Å². The van der Waals surface area contributed by atoms with Gasteiger partial charge in [-0.25, -0.2) is 8.42 Å². The van der Waals surface area contributed by atoms with Crippen LogP contribution in [0.3, 0.4) is 0 Å². The van der Waals surface area contributed by atoms with E-state index in [0.29, 0.717) is 30.6 Å². The molecule has 1 unspecified atom stereocenters. The van der Waals surface area contributed by atoms with Gasteiger partial charge in [0.25, 0.3) is 0 Å². The van der Waals surface area contributed by atoms with Crippen LogP contribution in [-0.4, -0.2) is 63.6 Å². The second kappa shape index (κ2) is 9.57. The molecule has 26 heavy (non-hydrogen) atoms. The third-order valence-corrected chi connectivity index (χ3v) is 7.27. The van der Waals surface area contributed by atoms with E-state index in [1.165, 1.54) is 0 Å². The molecule has 1 aliphatic rings. The number of halogens is 2. The van der Waals surface area contributed by atoms with Crippen LogP contribution in [0.2, 0.25) is 5.02 Å². The fraction of sp³-hybridized carbons (Fsp3) is 0.588. The largest absolute Gasteiger partial charge is 0.375 e. The van der Waals surface area contributed by atoms with E-state index in [1.807, 2.05) is 29.2 Å². The van der Waals surface area contributed by atoms with E-state index in [9.17, 15) is 8.42 Å². The zero-order valence-corrected chi connectivity index (χ0v) is 19.4. The molecule has 0 radical (unpaired) electrons. The summed E-state index contributed by atoms with van der Waals surface area (Å²) in [6.07, 6.45) is -0.183. The Morgan fingerprint density at radius 1 is 1.46 bits per heavy atom. The summed E-state index contributed by atoms with van der Waals surface area (Å²) in [5.74, 6) is 0.801. The highest BCUT2D eigenvalue weighted by atomic mass is 127. The van der Waals surface area contributed by atoms with Crippen LogP contribution in [0.1, 0.15) is 25.5 Å². The lowest BCUT2D eigenvalue weighted by Gasteiger charge is -2.39. The Kier molecular flexibility index (Phi) is 8.63. The van der Waals surface area contributed by atoms with Crippen LogP contribution in [0.5, 0.6) is 0 Å². The number of nitrogens with one attached hydrogen (secondary N) is 1. The summed E-state index contributed by atoms with van der Waals surface area (Å²) in [5.41, 5.74) is 0.972. The van der Waals surface area contributed by atoms with Crippen molar-refractivity contribution >= 4 is 51.4 Å². The first-order valence-electron chi connectivity index (χ1n) is 8.16. The van der Waals surface area contributed by atoms with Gasteiger partial charge in [0.05, 0.1) is 16.6 Å². The Balaban J connectivity index is 0.00000338. The molecule has 1 saturated heterocycles. The van der Waals surface area contributed by atoms with Gasteiger partial charge >= 0.3 is 0 Å². The quantitative estimate of drug-likeness (QED) is 0.379. The molecule has 1 aliphatic heterocycles. The van der Waals surface area contributed by atoms with E-state index < -0.39 is 14.6 Å². The molecule has 1 aromatic rings. The van der Waals surface area contributed by atoms with Gasteiger partial charge in [0.15, 0.2) is 15.8 Å². The molecule has 1 aromatic carbocycles. The van der Waals surface area contributed by atoms with E-state index in [-0.39, 0.29) is 35.8 Å². The van der Waals surface area contributed by atoms with Crippen LogP contribution in [0, 0.1) is 0 Å². The molecule has 1 heterocycles. The molecule has 6 nitrogen and oxygen atoms in total. The van der Waals surface area contributed by atoms with Crippen LogP contribution >= 0.6 is 35.6 Å². The van der Waals surface area contributed by atoms with Gasteiger partial charge in [-0.3, -0.25) is 4.99 Å². The lowest BCUT2D eigenvalue weighted by atomic mass is 10.1. The standard InChI is InChI=1S/C17H26ClN3O3S.HI/c1-17(2)12-21(8-9-25(17,22)23)16(19-3)20-11-15(24-4)13-6-5-7-14(18)10-13;/h5-7,10,15H,8-9,11-12H2,1-4H3,(H,19,20);1H. The number of sulfone groups is 1. The zero-order chi connectivity index (χ0) is 18.7. The van der Waals surface area contributed by atoms with Crippen molar-refractivity contribution in [2.75, 3.05) is 39.5 Å². The van der Waals surface area contributed by atoms with Crippen molar-refractivity contribution in [1.29, 1.82) is 0 Å². The molecule has 2 rings (SSSR count). The van der Waals surface area contributed by atoms with E-state index in [1.54, 1.807) is 28.0 Å². The molecule has 1 fully saturated rings. The van der Waals surface area contributed by atoms with Gasteiger partial charge < -0.3 is 15.0 Å². The predicted octanol–water partition coefficient (Wildman–Crippen LogP) is 2.73. The van der Waals surface area contributed by atoms with Crippen molar-refractivity contribution in [3.63, 3.8) is 0 Å². The zero-order valence-electron chi connectivity index (χ0n) is 15.5. The van der Waals surface area contributed by atoms with Crippen molar-refractivity contribution < 1.29 is 13.2 Å². The molecule has 0 aromatic heterocycles. The first-order chi connectivity index (χ1) is 11.7. The van der Waals surface area contributed by atoms with E-state index in [0.717, 1.165) is 5.56 Å². The van der Waals surface area contributed by atoms with Crippen molar-refractivity contribution in [3.05, 3.63) is 34.9 Å². The number of nitrogens with zero attached hydrogens (tertiary/aromatic N) is 2. The molecular formula is C17H27ClIN3O3S. The molecular weight excluding hydrogens is 489 g/mol. The Hall–Kier alpha value is -0.580. The molecule has 0 spiro atoms. The number of ether oxygens (including phenoxy) is 1. The SMILES string of the molecule is CN=C(NCC(OC)c1cccc(Cl)c1)N1CCS(=O)(=O)C(C)(C)C1.I. The number of hydrogen-bond donors (Lipinski definition) is 1. The predicted molar refractivity (Wildman–Crippen MR) is 117 cm³/mol. The summed E-state index contributed by atoms with van der Waals surface area (Å²) in [5, 5.41) is 3.95. The minimum Gasteiger partial charge on any atom is -0.375 e. The minimum atomic E-state index is -3.08. The molecule has 1 atom stereocenters. The minimum absolute atomic E-state index is 0. The van der Waals surface area contributed by atoms with Crippen LogP contribution in [0.25, 0.3) is 0 Å². The molecule has 0 amide bonds. The van der Waals surface area contributed by atoms with E-state index in [4.69, 9.17) is 16.3 Å². The second-order valence-electron chi connectivity index (χ2n) is 6.71. The number of aliphatic imine (C=N–C) groups is 1. The Morgan fingerprint density at radius 3 is 2.69 bits per heavy atom. The lowest BCUT2D eigenvalue weighted by molar-refractivity contribution is 0.105. The maximum absolute atomic E-state index is 12.2. The van der Waals surface area contributed by atoms with Gasteiger partial charge in [-0.05, 0) is 31.5 Å². The summed E-state index contributed by atoms with van der Waals surface area (Å²) in [6, 6.07) is 7.54. The fourth-order valence-electron chi connectivity index (χ4n) is 2.88. The summed E-state index contributed by atoms with van der Waals surface area (Å²) < 4.78 is 29.1.